The number of nitrogens with one attached hydrogen (secondary N) is 1. The SMILES string of the molecule is C=C(CC(O)(CC(C)(C)c1cc(Cl)cc2c1OCC2)C(F)(F)F)Nc1ccc(-c2ccccn2)cc1. The number of anilines is 1. The average Bonchev–Trinajstić information content (AvgIpc) is 3.26. The fraction of sp³-hybridized carbons (Fsp3) is 0.321. The van der Waals surface area contributed by atoms with Crippen LogP contribution in [0.1, 0.15) is 37.8 Å². The quantitative estimate of drug-likeness (QED) is 0.329. The van der Waals surface area contributed by atoms with E-state index < -0.39 is 30.0 Å². The van der Waals surface area contributed by atoms with Crippen LogP contribution in [-0.4, -0.2) is 28.5 Å². The van der Waals surface area contributed by atoms with Gasteiger partial charge < -0.3 is 15.2 Å². The van der Waals surface area contributed by atoms with Crippen molar-refractivity contribution < 1.29 is 23.0 Å². The first-order valence-corrected chi connectivity index (χ1v) is 12.0. The van der Waals surface area contributed by atoms with E-state index in [2.05, 4.69) is 16.9 Å². The van der Waals surface area contributed by atoms with Crippen molar-refractivity contribution in [1.82, 2.24) is 4.98 Å². The Balaban J connectivity index is 1.52. The monoisotopic (exact) mass is 516 g/mol. The van der Waals surface area contributed by atoms with E-state index in [-0.39, 0.29) is 5.70 Å². The van der Waals surface area contributed by atoms with Crippen molar-refractivity contribution in [3.8, 4) is 17.0 Å². The van der Waals surface area contributed by atoms with Crippen LogP contribution in [0.4, 0.5) is 18.9 Å². The molecule has 0 spiro atoms. The summed E-state index contributed by atoms with van der Waals surface area (Å²) < 4.78 is 48.5. The minimum Gasteiger partial charge on any atom is -0.493 e. The molecule has 1 aliphatic rings. The maximum Gasteiger partial charge on any atom is 0.417 e. The smallest absolute Gasteiger partial charge is 0.417 e. The summed E-state index contributed by atoms with van der Waals surface area (Å²) in [6.07, 6.45) is -3.88. The van der Waals surface area contributed by atoms with Crippen LogP contribution in [0.5, 0.6) is 5.75 Å². The first kappa shape index (κ1) is 26.0. The standard InChI is InChI=1S/C28H28ClF3N2O2/c1-18(34-22-9-7-19(8-10-22)24-6-4-5-12-33-24)16-27(35,28(30,31)32)17-26(2,3)23-15-21(29)14-20-11-13-36-25(20)23/h4-10,12,14-15,34-35H,1,11,13,16-17H2,2-3H3. The van der Waals surface area contributed by atoms with Crippen molar-refractivity contribution in [2.45, 2.75) is 50.3 Å². The van der Waals surface area contributed by atoms with Gasteiger partial charge >= 0.3 is 6.18 Å². The Morgan fingerprint density at radius 2 is 1.86 bits per heavy atom. The molecule has 0 fully saturated rings. The van der Waals surface area contributed by atoms with Gasteiger partial charge in [-0.25, -0.2) is 0 Å². The first-order chi connectivity index (χ1) is 16.9. The molecule has 0 aliphatic carbocycles. The predicted octanol–water partition coefficient (Wildman–Crippen LogP) is 7.31. The topological polar surface area (TPSA) is 54.4 Å². The summed E-state index contributed by atoms with van der Waals surface area (Å²) in [6.45, 7) is 7.53. The van der Waals surface area contributed by atoms with Crippen molar-refractivity contribution in [2.75, 3.05) is 11.9 Å². The molecule has 3 aromatic rings. The lowest BCUT2D eigenvalue weighted by Crippen LogP contribution is -2.49. The third-order valence-corrected chi connectivity index (χ3v) is 6.63. The van der Waals surface area contributed by atoms with E-state index in [0.717, 1.165) is 16.8 Å². The van der Waals surface area contributed by atoms with Crippen LogP contribution in [0.2, 0.25) is 5.02 Å². The van der Waals surface area contributed by atoms with E-state index in [1.807, 2.05) is 30.3 Å². The van der Waals surface area contributed by atoms with Gasteiger partial charge in [-0.2, -0.15) is 13.2 Å². The molecule has 2 N–H and O–H groups in total. The van der Waals surface area contributed by atoms with Crippen molar-refractivity contribution in [1.29, 1.82) is 0 Å². The van der Waals surface area contributed by atoms with Crippen molar-refractivity contribution >= 4 is 17.3 Å². The van der Waals surface area contributed by atoms with E-state index in [4.69, 9.17) is 16.3 Å². The highest BCUT2D eigenvalue weighted by Crippen LogP contribution is 2.48. The number of fused-ring (bicyclic) bond motifs is 1. The Bertz CT molecular complexity index is 1240. The van der Waals surface area contributed by atoms with Crippen LogP contribution >= 0.6 is 11.6 Å². The number of alkyl halides is 3. The highest BCUT2D eigenvalue weighted by atomic mass is 35.5. The van der Waals surface area contributed by atoms with Gasteiger partial charge in [-0.15, -0.1) is 0 Å². The van der Waals surface area contributed by atoms with Crippen LogP contribution in [0.25, 0.3) is 11.3 Å². The van der Waals surface area contributed by atoms with Crippen LogP contribution in [0, 0.1) is 0 Å². The van der Waals surface area contributed by atoms with Gasteiger partial charge in [0.2, 0.25) is 0 Å². The highest BCUT2D eigenvalue weighted by molar-refractivity contribution is 6.30. The molecule has 0 bridgehead atoms. The fourth-order valence-corrected chi connectivity index (χ4v) is 4.96. The Morgan fingerprint density at radius 1 is 1.14 bits per heavy atom. The second-order valence-corrected chi connectivity index (χ2v) is 10.3. The number of benzene rings is 2. The lowest BCUT2D eigenvalue weighted by Gasteiger charge is -2.39. The highest BCUT2D eigenvalue weighted by Gasteiger charge is 2.56. The molecule has 2 aromatic carbocycles. The molecule has 4 rings (SSSR count). The minimum absolute atomic E-state index is 0.0452. The molecule has 1 aliphatic heterocycles. The number of aromatic nitrogens is 1. The molecule has 4 nitrogen and oxygen atoms in total. The molecular formula is C28H28ClF3N2O2. The second kappa shape index (κ2) is 9.79. The van der Waals surface area contributed by atoms with Crippen molar-refractivity contribution in [3.05, 3.63) is 89.2 Å². The fourth-order valence-electron chi connectivity index (χ4n) is 4.72. The summed E-state index contributed by atoms with van der Waals surface area (Å²) in [5.41, 5.74) is -0.440. The Kier molecular flexibility index (Phi) is 7.08. The molecule has 8 heteroatoms. The van der Waals surface area contributed by atoms with Crippen LogP contribution in [-0.2, 0) is 11.8 Å². The van der Waals surface area contributed by atoms with Crippen molar-refractivity contribution in [3.63, 3.8) is 0 Å². The molecule has 36 heavy (non-hydrogen) atoms. The van der Waals surface area contributed by atoms with E-state index >= 15 is 0 Å². The summed E-state index contributed by atoms with van der Waals surface area (Å²) in [5, 5.41) is 14.3. The number of aliphatic hydroxyl groups is 1. The Morgan fingerprint density at radius 3 is 2.50 bits per heavy atom. The molecule has 0 amide bonds. The van der Waals surface area contributed by atoms with Gasteiger partial charge in [0.1, 0.15) is 5.75 Å². The molecule has 0 saturated heterocycles. The molecule has 1 atom stereocenters. The summed E-state index contributed by atoms with van der Waals surface area (Å²) in [5.74, 6) is 0.555. The van der Waals surface area contributed by atoms with Gasteiger partial charge in [0.15, 0.2) is 5.60 Å². The van der Waals surface area contributed by atoms with Gasteiger partial charge in [0.05, 0.1) is 12.3 Å². The maximum atomic E-state index is 14.3. The normalized spacial score (nSPS) is 15.1. The molecule has 0 saturated carbocycles. The van der Waals surface area contributed by atoms with Gasteiger partial charge in [-0.05, 0) is 53.8 Å². The van der Waals surface area contributed by atoms with E-state index in [0.29, 0.717) is 35.1 Å². The summed E-state index contributed by atoms with van der Waals surface area (Å²) in [7, 11) is 0. The number of nitrogens with zero attached hydrogens (tertiary/aromatic N) is 1. The lowest BCUT2D eigenvalue weighted by molar-refractivity contribution is -0.266. The average molecular weight is 517 g/mol. The lowest BCUT2D eigenvalue weighted by atomic mass is 9.73. The minimum atomic E-state index is -4.89. The third kappa shape index (κ3) is 5.52. The number of hydrogen-bond acceptors (Lipinski definition) is 4. The van der Waals surface area contributed by atoms with Crippen LogP contribution < -0.4 is 10.1 Å². The van der Waals surface area contributed by atoms with E-state index in [9.17, 15) is 18.3 Å². The van der Waals surface area contributed by atoms with E-state index in [1.165, 1.54) is 0 Å². The zero-order valence-electron chi connectivity index (χ0n) is 20.1. The predicted molar refractivity (Wildman–Crippen MR) is 136 cm³/mol. The van der Waals surface area contributed by atoms with E-state index in [1.54, 1.807) is 44.3 Å². The number of hydrogen-bond donors (Lipinski definition) is 2. The van der Waals surface area contributed by atoms with Gasteiger partial charge in [0, 0.05) is 46.6 Å². The number of halogens is 4. The first-order valence-electron chi connectivity index (χ1n) is 11.6. The zero-order valence-corrected chi connectivity index (χ0v) is 20.9. The summed E-state index contributed by atoms with van der Waals surface area (Å²) >= 11 is 6.25. The Labute approximate surface area is 213 Å². The molecule has 190 valence electrons. The van der Waals surface area contributed by atoms with Gasteiger partial charge in [-0.1, -0.05) is 50.2 Å². The van der Waals surface area contributed by atoms with Crippen molar-refractivity contribution in [2.24, 2.45) is 0 Å². The molecule has 1 unspecified atom stereocenters. The molecule has 1 aromatic heterocycles. The largest absolute Gasteiger partial charge is 0.493 e. The summed E-state index contributed by atoms with van der Waals surface area (Å²) in [6, 6.07) is 16.1. The maximum absolute atomic E-state index is 14.3. The van der Waals surface area contributed by atoms with Gasteiger partial charge in [-0.3, -0.25) is 4.98 Å². The number of ether oxygens (including phenoxy) is 1. The number of rotatable bonds is 8. The Hall–Kier alpha value is -3.03. The number of pyridine rings is 1. The molecule has 2 heterocycles. The zero-order chi connectivity index (χ0) is 26.1. The van der Waals surface area contributed by atoms with Crippen LogP contribution in [0.15, 0.2) is 73.1 Å². The van der Waals surface area contributed by atoms with Gasteiger partial charge in [0.25, 0.3) is 0 Å². The molecule has 0 radical (unpaired) electrons. The third-order valence-electron chi connectivity index (χ3n) is 6.41. The van der Waals surface area contributed by atoms with Crippen LogP contribution in [0.3, 0.4) is 0 Å². The second-order valence-electron chi connectivity index (χ2n) is 9.83. The molecular weight excluding hydrogens is 489 g/mol. The summed E-state index contributed by atoms with van der Waals surface area (Å²) in [4.78, 5) is 4.29.